The number of hydrogen-bond donors (Lipinski definition) is 1. The lowest BCUT2D eigenvalue weighted by molar-refractivity contribution is 0.301. The van der Waals surface area contributed by atoms with E-state index in [1.807, 2.05) is 11.7 Å². The molecule has 0 aliphatic rings. The molecule has 5 heteroatoms. The first-order valence-electron chi connectivity index (χ1n) is 6.33. The standard InChI is InChI=1S/C12H25N5/c1-11(2)8-17-12(14-10-15-17)9-16(4)7-5-6-13-3/h10-11,13H,5-9H2,1-4H3. The molecule has 1 heterocycles. The average molecular weight is 239 g/mol. The fourth-order valence-electron chi connectivity index (χ4n) is 1.76. The Hall–Kier alpha value is -0.940. The summed E-state index contributed by atoms with van der Waals surface area (Å²) in [5.41, 5.74) is 0. The van der Waals surface area contributed by atoms with Crippen LogP contribution in [-0.4, -0.2) is 46.8 Å². The number of nitrogens with zero attached hydrogens (tertiary/aromatic N) is 4. The molecule has 0 aliphatic heterocycles. The van der Waals surface area contributed by atoms with Crippen molar-refractivity contribution in [2.45, 2.75) is 33.4 Å². The number of hydrogen-bond acceptors (Lipinski definition) is 4. The third kappa shape index (κ3) is 5.28. The van der Waals surface area contributed by atoms with Crippen molar-refractivity contribution in [3.63, 3.8) is 0 Å². The van der Waals surface area contributed by atoms with E-state index in [2.05, 4.69) is 41.2 Å². The predicted octanol–water partition coefficient (Wildman–Crippen LogP) is 0.975. The van der Waals surface area contributed by atoms with E-state index in [4.69, 9.17) is 0 Å². The van der Waals surface area contributed by atoms with Gasteiger partial charge >= 0.3 is 0 Å². The van der Waals surface area contributed by atoms with E-state index < -0.39 is 0 Å². The largest absolute Gasteiger partial charge is 0.320 e. The molecule has 1 aromatic heterocycles. The molecule has 0 spiro atoms. The molecule has 0 unspecified atom stereocenters. The summed E-state index contributed by atoms with van der Waals surface area (Å²) in [5.74, 6) is 1.66. The minimum atomic E-state index is 0.602. The molecule has 0 fully saturated rings. The van der Waals surface area contributed by atoms with Gasteiger partial charge in [0.1, 0.15) is 12.2 Å². The number of rotatable bonds is 8. The van der Waals surface area contributed by atoms with Gasteiger partial charge in [0, 0.05) is 6.54 Å². The molecule has 0 saturated carbocycles. The summed E-state index contributed by atoms with van der Waals surface area (Å²) in [6.07, 6.45) is 2.81. The summed E-state index contributed by atoms with van der Waals surface area (Å²) in [6.45, 7) is 8.35. The maximum atomic E-state index is 4.33. The van der Waals surface area contributed by atoms with Crippen molar-refractivity contribution in [1.29, 1.82) is 0 Å². The second kappa shape index (κ2) is 7.40. The Morgan fingerprint density at radius 1 is 1.47 bits per heavy atom. The zero-order valence-electron chi connectivity index (χ0n) is 11.5. The van der Waals surface area contributed by atoms with Gasteiger partial charge in [0.15, 0.2) is 0 Å². The Balaban J connectivity index is 2.41. The van der Waals surface area contributed by atoms with E-state index in [-0.39, 0.29) is 0 Å². The molecular formula is C12H25N5. The zero-order valence-corrected chi connectivity index (χ0v) is 11.5. The van der Waals surface area contributed by atoms with Crippen LogP contribution >= 0.6 is 0 Å². The molecule has 0 aromatic carbocycles. The Bertz CT molecular complexity index is 308. The first-order valence-corrected chi connectivity index (χ1v) is 6.33. The van der Waals surface area contributed by atoms with Gasteiger partial charge in [-0.15, -0.1) is 0 Å². The highest BCUT2D eigenvalue weighted by Crippen LogP contribution is 2.03. The maximum Gasteiger partial charge on any atom is 0.141 e. The number of nitrogens with one attached hydrogen (secondary N) is 1. The van der Waals surface area contributed by atoms with Gasteiger partial charge in [0.2, 0.25) is 0 Å². The first-order chi connectivity index (χ1) is 8.13. The lowest BCUT2D eigenvalue weighted by Gasteiger charge is -2.17. The van der Waals surface area contributed by atoms with Gasteiger partial charge in [-0.1, -0.05) is 13.8 Å². The van der Waals surface area contributed by atoms with Crippen LogP contribution in [0.5, 0.6) is 0 Å². The lowest BCUT2D eigenvalue weighted by Crippen LogP contribution is -2.24. The van der Waals surface area contributed by atoms with Crippen LogP contribution in [0.4, 0.5) is 0 Å². The van der Waals surface area contributed by atoms with E-state index in [1.165, 1.54) is 0 Å². The van der Waals surface area contributed by atoms with Crippen LogP contribution in [0.3, 0.4) is 0 Å². The second-order valence-electron chi connectivity index (χ2n) is 4.95. The van der Waals surface area contributed by atoms with Gasteiger partial charge in [0.25, 0.3) is 0 Å². The molecule has 17 heavy (non-hydrogen) atoms. The topological polar surface area (TPSA) is 46.0 Å². The van der Waals surface area contributed by atoms with E-state index >= 15 is 0 Å². The molecule has 0 amide bonds. The van der Waals surface area contributed by atoms with Crippen LogP contribution in [0.2, 0.25) is 0 Å². The minimum Gasteiger partial charge on any atom is -0.320 e. The highest BCUT2D eigenvalue weighted by atomic mass is 15.3. The molecule has 98 valence electrons. The van der Waals surface area contributed by atoms with Crippen molar-refractivity contribution in [3.05, 3.63) is 12.2 Å². The molecule has 0 radical (unpaired) electrons. The normalized spacial score (nSPS) is 11.6. The lowest BCUT2D eigenvalue weighted by atomic mass is 10.2. The van der Waals surface area contributed by atoms with E-state index in [1.54, 1.807) is 6.33 Å². The Morgan fingerprint density at radius 2 is 2.24 bits per heavy atom. The van der Waals surface area contributed by atoms with Crippen molar-refractivity contribution in [2.24, 2.45) is 5.92 Å². The fraction of sp³-hybridized carbons (Fsp3) is 0.833. The molecule has 1 aromatic rings. The van der Waals surface area contributed by atoms with Crippen LogP contribution in [0.25, 0.3) is 0 Å². The molecule has 0 bridgehead atoms. The van der Waals surface area contributed by atoms with Gasteiger partial charge in [-0.25, -0.2) is 9.67 Å². The third-order valence-corrected chi connectivity index (χ3v) is 2.61. The van der Waals surface area contributed by atoms with Gasteiger partial charge in [0.05, 0.1) is 6.54 Å². The highest BCUT2D eigenvalue weighted by molar-refractivity contribution is 4.84. The van der Waals surface area contributed by atoms with E-state index in [9.17, 15) is 0 Å². The second-order valence-corrected chi connectivity index (χ2v) is 4.95. The Labute approximate surface area is 104 Å². The Kier molecular flexibility index (Phi) is 6.15. The molecule has 0 aliphatic carbocycles. The fourth-order valence-corrected chi connectivity index (χ4v) is 1.76. The summed E-state index contributed by atoms with van der Waals surface area (Å²) >= 11 is 0. The van der Waals surface area contributed by atoms with Crippen LogP contribution < -0.4 is 5.32 Å². The van der Waals surface area contributed by atoms with Crippen LogP contribution in [0, 0.1) is 5.92 Å². The van der Waals surface area contributed by atoms with Gasteiger partial charge in [-0.3, -0.25) is 4.90 Å². The highest BCUT2D eigenvalue weighted by Gasteiger charge is 2.08. The minimum absolute atomic E-state index is 0.602. The quantitative estimate of drug-likeness (QED) is 0.687. The van der Waals surface area contributed by atoms with Gasteiger partial charge in [-0.05, 0) is 39.5 Å². The molecule has 1 N–H and O–H groups in total. The molecular weight excluding hydrogens is 214 g/mol. The molecule has 0 atom stereocenters. The molecule has 1 rings (SSSR count). The van der Waals surface area contributed by atoms with Gasteiger partial charge < -0.3 is 5.32 Å². The van der Waals surface area contributed by atoms with Crippen molar-refractivity contribution in [2.75, 3.05) is 27.2 Å². The summed E-state index contributed by atoms with van der Waals surface area (Å²) in [6, 6.07) is 0. The van der Waals surface area contributed by atoms with Crippen molar-refractivity contribution in [1.82, 2.24) is 25.0 Å². The van der Waals surface area contributed by atoms with Gasteiger partial charge in [-0.2, -0.15) is 5.10 Å². The van der Waals surface area contributed by atoms with E-state index in [0.717, 1.165) is 38.4 Å². The number of aromatic nitrogens is 3. The first kappa shape index (κ1) is 14.1. The Morgan fingerprint density at radius 3 is 2.88 bits per heavy atom. The van der Waals surface area contributed by atoms with Crippen molar-refractivity contribution in [3.8, 4) is 0 Å². The maximum absolute atomic E-state index is 4.33. The smallest absolute Gasteiger partial charge is 0.141 e. The molecule has 5 nitrogen and oxygen atoms in total. The SMILES string of the molecule is CNCCCN(C)Cc1ncnn1CC(C)C. The van der Waals surface area contributed by atoms with Crippen molar-refractivity contribution < 1.29 is 0 Å². The summed E-state index contributed by atoms with van der Waals surface area (Å²) in [4.78, 5) is 6.62. The van der Waals surface area contributed by atoms with Crippen molar-refractivity contribution >= 4 is 0 Å². The summed E-state index contributed by atoms with van der Waals surface area (Å²) in [7, 11) is 4.11. The van der Waals surface area contributed by atoms with Crippen LogP contribution in [0.1, 0.15) is 26.1 Å². The summed E-state index contributed by atoms with van der Waals surface area (Å²) < 4.78 is 2.01. The van der Waals surface area contributed by atoms with E-state index in [0.29, 0.717) is 5.92 Å². The monoisotopic (exact) mass is 239 g/mol. The average Bonchev–Trinajstić information content (AvgIpc) is 2.65. The van der Waals surface area contributed by atoms with Crippen LogP contribution in [0.15, 0.2) is 6.33 Å². The third-order valence-electron chi connectivity index (χ3n) is 2.61. The zero-order chi connectivity index (χ0) is 12.7. The van der Waals surface area contributed by atoms with Crippen LogP contribution in [-0.2, 0) is 13.1 Å². The predicted molar refractivity (Wildman–Crippen MR) is 69.7 cm³/mol. The summed E-state index contributed by atoms with van der Waals surface area (Å²) in [5, 5.41) is 7.43. The molecule has 0 saturated heterocycles.